The Hall–Kier alpha value is -1.90. The number of aryl methyl sites for hydroxylation is 2. The van der Waals surface area contributed by atoms with Crippen LogP contribution in [-0.2, 0) is 0 Å². The molecule has 0 fully saturated rings. The van der Waals surface area contributed by atoms with Crippen molar-refractivity contribution in [2.75, 3.05) is 5.73 Å². The third kappa shape index (κ3) is 2.28. The largest absolute Gasteiger partial charge is 0.399 e. The van der Waals surface area contributed by atoms with Gasteiger partial charge >= 0.3 is 0 Å². The van der Waals surface area contributed by atoms with Crippen LogP contribution in [0.5, 0.6) is 0 Å². The Bertz CT molecular complexity index is 556. The van der Waals surface area contributed by atoms with Gasteiger partial charge in [-0.25, -0.2) is 8.78 Å². The highest BCUT2D eigenvalue weighted by Crippen LogP contribution is 2.27. The summed E-state index contributed by atoms with van der Waals surface area (Å²) in [5.74, 6) is -0.852. The van der Waals surface area contributed by atoms with Crippen LogP contribution < -0.4 is 5.73 Å². The average Bonchev–Trinajstić information content (AvgIpc) is 2.22. The Morgan fingerprint density at radius 3 is 2.24 bits per heavy atom. The van der Waals surface area contributed by atoms with E-state index in [1.807, 2.05) is 6.92 Å². The van der Waals surface area contributed by atoms with Gasteiger partial charge in [0.25, 0.3) is 0 Å². The summed E-state index contributed by atoms with van der Waals surface area (Å²) < 4.78 is 27.2. The third-order valence-electron chi connectivity index (χ3n) is 2.66. The second-order valence-corrected chi connectivity index (χ2v) is 4.21. The van der Waals surface area contributed by atoms with Crippen molar-refractivity contribution in [3.05, 3.63) is 53.1 Å². The molecule has 17 heavy (non-hydrogen) atoms. The number of anilines is 1. The molecule has 0 heterocycles. The van der Waals surface area contributed by atoms with Crippen molar-refractivity contribution >= 4 is 5.69 Å². The normalized spacial score (nSPS) is 10.6. The molecule has 2 rings (SSSR count). The van der Waals surface area contributed by atoms with E-state index in [1.54, 1.807) is 18.2 Å². The molecule has 1 nitrogen and oxygen atoms in total. The van der Waals surface area contributed by atoms with Crippen LogP contribution in [0.2, 0.25) is 0 Å². The third-order valence-corrected chi connectivity index (χ3v) is 2.66. The number of nitrogen functional groups attached to an aromatic ring is 1. The maximum Gasteiger partial charge on any atom is 0.131 e. The maximum absolute atomic E-state index is 13.8. The van der Waals surface area contributed by atoms with Crippen molar-refractivity contribution in [1.29, 1.82) is 0 Å². The fourth-order valence-corrected chi connectivity index (χ4v) is 1.84. The van der Waals surface area contributed by atoms with Crippen LogP contribution >= 0.6 is 0 Å². The van der Waals surface area contributed by atoms with Crippen molar-refractivity contribution in [3.8, 4) is 11.1 Å². The van der Waals surface area contributed by atoms with Gasteiger partial charge in [-0.3, -0.25) is 0 Å². The molecule has 0 saturated carbocycles. The zero-order valence-electron chi connectivity index (χ0n) is 9.72. The molecule has 0 aliphatic rings. The first kappa shape index (κ1) is 11.6. The lowest BCUT2D eigenvalue weighted by atomic mass is 10.0. The first-order valence-corrected chi connectivity index (χ1v) is 5.30. The summed E-state index contributed by atoms with van der Waals surface area (Å²) in [6.45, 7) is 3.40. The molecule has 0 aromatic heterocycles. The highest BCUT2D eigenvalue weighted by Gasteiger charge is 2.10. The Labute approximate surface area is 98.9 Å². The van der Waals surface area contributed by atoms with Gasteiger partial charge in [0.05, 0.1) is 0 Å². The molecule has 2 N–H and O–H groups in total. The number of hydrogen-bond acceptors (Lipinski definition) is 1. The summed E-state index contributed by atoms with van der Waals surface area (Å²) in [4.78, 5) is 0. The monoisotopic (exact) mass is 233 g/mol. The Morgan fingerprint density at radius 2 is 1.59 bits per heavy atom. The Balaban J connectivity index is 2.64. The highest BCUT2D eigenvalue weighted by molar-refractivity contribution is 5.69. The summed E-state index contributed by atoms with van der Waals surface area (Å²) in [6, 6.07) is 7.61. The molecule has 0 spiro atoms. The zero-order chi connectivity index (χ0) is 12.6. The molecule has 0 aliphatic heterocycles. The minimum Gasteiger partial charge on any atom is -0.399 e. The smallest absolute Gasteiger partial charge is 0.131 e. The van der Waals surface area contributed by atoms with Gasteiger partial charge in [-0.2, -0.15) is 0 Å². The molecule has 0 amide bonds. The fraction of sp³-hybridized carbons (Fsp3) is 0.143. The van der Waals surface area contributed by atoms with E-state index in [1.165, 1.54) is 19.1 Å². The molecule has 0 radical (unpaired) electrons. The lowest BCUT2D eigenvalue weighted by Gasteiger charge is -2.08. The first-order chi connectivity index (χ1) is 7.97. The van der Waals surface area contributed by atoms with Crippen molar-refractivity contribution in [1.82, 2.24) is 0 Å². The van der Waals surface area contributed by atoms with E-state index >= 15 is 0 Å². The molecule has 0 saturated heterocycles. The predicted molar refractivity (Wildman–Crippen MR) is 65.7 cm³/mol. The van der Waals surface area contributed by atoms with Crippen molar-refractivity contribution in [3.63, 3.8) is 0 Å². The average molecular weight is 233 g/mol. The lowest BCUT2D eigenvalue weighted by Crippen LogP contribution is -1.93. The van der Waals surface area contributed by atoms with Gasteiger partial charge in [-0.15, -0.1) is 0 Å². The lowest BCUT2D eigenvalue weighted by molar-refractivity contribution is 0.595. The molecule has 0 unspecified atom stereocenters. The van der Waals surface area contributed by atoms with Crippen molar-refractivity contribution < 1.29 is 8.78 Å². The van der Waals surface area contributed by atoms with Gasteiger partial charge in [-0.1, -0.05) is 6.07 Å². The van der Waals surface area contributed by atoms with Gasteiger partial charge in [0.2, 0.25) is 0 Å². The molecular formula is C14H13F2N. The summed E-state index contributed by atoms with van der Waals surface area (Å²) in [5, 5.41) is 0. The minimum absolute atomic E-state index is 0.239. The van der Waals surface area contributed by atoms with E-state index in [2.05, 4.69) is 0 Å². The molecular weight excluding hydrogens is 220 g/mol. The van der Waals surface area contributed by atoms with Crippen LogP contribution in [0.4, 0.5) is 14.5 Å². The quantitative estimate of drug-likeness (QED) is 0.744. The number of rotatable bonds is 1. The second-order valence-electron chi connectivity index (χ2n) is 4.21. The number of hydrogen-bond donors (Lipinski definition) is 1. The van der Waals surface area contributed by atoms with Gasteiger partial charge in [0.15, 0.2) is 0 Å². The molecule has 88 valence electrons. The summed E-state index contributed by atoms with van der Waals surface area (Å²) >= 11 is 0. The SMILES string of the molecule is Cc1cc(N)cc(-c2cc(F)c(C)cc2F)c1. The van der Waals surface area contributed by atoms with E-state index in [0.29, 0.717) is 16.8 Å². The van der Waals surface area contributed by atoms with E-state index in [9.17, 15) is 8.78 Å². The van der Waals surface area contributed by atoms with Crippen LogP contribution in [0.1, 0.15) is 11.1 Å². The molecule has 0 bridgehead atoms. The Kier molecular flexibility index (Phi) is 2.84. The molecule has 2 aromatic rings. The number of benzene rings is 2. The standard InChI is InChI=1S/C14H13F2N/c1-8-3-10(6-11(17)4-8)12-7-13(15)9(2)5-14(12)16/h3-7H,17H2,1-2H3. The topological polar surface area (TPSA) is 26.0 Å². The van der Waals surface area contributed by atoms with E-state index in [4.69, 9.17) is 5.73 Å². The Morgan fingerprint density at radius 1 is 0.882 bits per heavy atom. The summed E-state index contributed by atoms with van der Waals surface area (Å²) in [7, 11) is 0. The van der Waals surface area contributed by atoms with E-state index in [-0.39, 0.29) is 5.56 Å². The van der Waals surface area contributed by atoms with Crippen LogP contribution in [0.25, 0.3) is 11.1 Å². The van der Waals surface area contributed by atoms with Crippen LogP contribution in [-0.4, -0.2) is 0 Å². The highest BCUT2D eigenvalue weighted by atomic mass is 19.1. The van der Waals surface area contributed by atoms with E-state index in [0.717, 1.165) is 5.56 Å². The van der Waals surface area contributed by atoms with Gasteiger partial charge in [0, 0.05) is 11.3 Å². The summed E-state index contributed by atoms with van der Waals surface area (Å²) in [6.07, 6.45) is 0. The van der Waals surface area contributed by atoms with E-state index < -0.39 is 11.6 Å². The predicted octanol–water partition coefficient (Wildman–Crippen LogP) is 3.83. The maximum atomic E-state index is 13.8. The van der Waals surface area contributed by atoms with Gasteiger partial charge in [0.1, 0.15) is 11.6 Å². The molecule has 2 aromatic carbocycles. The first-order valence-electron chi connectivity index (χ1n) is 5.30. The number of nitrogens with two attached hydrogens (primary N) is 1. The minimum atomic E-state index is -0.436. The van der Waals surface area contributed by atoms with Crippen molar-refractivity contribution in [2.45, 2.75) is 13.8 Å². The van der Waals surface area contributed by atoms with Crippen LogP contribution in [0.15, 0.2) is 30.3 Å². The second kappa shape index (κ2) is 4.17. The van der Waals surface area contributed by atoms with Gasteiger partial charge in [-0.05, 0) is 54.8 Å². The zero-order valence-corrected chi connectivity index (χ0v) is 9.72. The molecule has 0 atom stereocenters. The van der Waals surface area contributed by atoms with Crippen LogP contribution in [0, 0.1) is 25.5 Å². The number of halogens is 2. The van der Waals surface area contributed by atoms with Crippen LogP contribution in [0.3, 0.4) is 0 Å². The molecule has 0 aliphatic carbocycles. The summed E-state index contributed by atoms with van der Waals surface area (Å²) in [5.41, 5.74) is 8.29. The fourth-order valence-electron chi connectivity index (χ4n) is 1.84. The molecule has 3 heteroatoms. The van der Waals surface area contributed by atoms with Gasteiger partial charge < -0.3 is 5.73 Å². The van der Waals surface area contributed by atoms with Crippen molar-refractivity contribution in [2.24, 2.45) is 0 Å².